The average molecular weight is 258 g/mol. The lowest BCUT2D eigenvalue weighted by molar-refractivity contribution is 0.0700. The third-order valence-electron chi connectivity index (χ3n) is 5.18. The number of anilines is 1. The fraction of sp³-hybridized carbons (Fsp3) is 0.647. The van der Waals surface area contributed by atoms with Gasteiger partial charge in [0.25, 0.3) is 0 Å². The van der Waals surface area contributed by atoms with Gasteiger partial charge in [-0.05, 0) is 56.7 Å². The highest BCUT2D eigenvalue weighted by Gasteiger charge is 2.30. The number of likely N-dealkylation sites (tertiary alicyclic amines) is 1. The molecule has 0 amide bonds. The summed E-state index contributed by atoms with van der Waals surface area (Å²) in [6.45, 7) is 7.22. The van der Waals surface area contributed by atoms with Crippen LogP contribution in [-0.4, -0.2) is 30.1 Å². The van der Waals surface area contributed by atoms with Crippen LogP contribution in [0, 0.1) is 5.92 Å². The molecule has 2 aliphatic heterocycles. The summed E-state index contributed by atoms with van der Waals surface area (Å²) in [6.07, 6.45) is 5.28. The number of nitrogens with zero attached hydrogens (tertiary/aromatic N) is 1. The Hall–Kier alpha value is -1.02. The molecule has 2 heteroatoms. The molecular weight excluding hydrogens is 232 g/mol. The van der Waals surface area contributed by atoms with Crippen LogP contribution in [-0.2, 0) is 6.42 Å². The van der Waals surface area contributed by atoms with Gasteiger partial charge in [0.15, 0.2) is 0 Å². The second-order valence-electron chi connectivity index (χ2n) is 6.33. The number of rotatable bonds is 1. The Morgan fingerprint density at radius 1 is 1.16 bits per heavy atom. The highest BCUT2D eigenvalue weighted by atomic mass is 15.2. The van der Waals surface area contributed by atoms with E-state index in [9.17, 15) is 0 Å². The van der Waals surface area contributed by atoms with Crippen LogP contribution in [0.1, 0.15) is 38.7 Å². The van der Waals surface area contributed by atoms with Crippen molar-refractivity contribution in [1.82, 2.24) is 4.90 Å². The molecule has 0 aromatic heterocycles. The molecule has 19 heavy (non-hydrogen) atoms. The molecule has 1 fully saturated rings. The van der Waals surface area contributed by atoms with E-state index in [1.807, 2.05) is 0 Å². The van der Waals surface area contributed by atoms with Crippen molar-refractivity contribution < 1.29 is 0 Å². The largest absolute Gasteiger partial charge is 0.383 e. The van der Waals surface area contributed by atoms with Gasteiger partial charge in [0.2, 0.25) is 0 Å². The highest BCUT2D eigenvalue weighted by molar-refractivity contribution is 5.52. The number of piperidine rings is 1. The molecular formula is C17H26N2. The average Bonchev–Trinajstić information content (AvgIpc) is 2.65. The molecule has 0 spiro atoms. The van der Waals surface area contributed by atoms with Crippen molar-refractivity contribution in [2.45, 2.75) is 51.6 Å². The van der Waals surface area contributed by atoms with Crippen LogP contribution in [0.2, 0.25) is 0 Å². The molecule has 0 aliphatic carbocycles. The third-order valence-corrected chi connectivity index (χ3v) is 5.18. The summed E-state index contributed by atoms with van der Waals surface area (Å²) >= 11 is 0. The predicted molar refractivity (Wildman–Crippen MR) is 81.6 cm³/mol. The SMILES string of the molecule is CC1CCCN(C2CCc3ccccc3NC2)C1C. The first kappa shape index (κ1) is 13.0. The summed E-state index contributed by atoms with van der Waals surface area (Å²) in [5, 5.41) is 3.67. The van der Waals surface area contributed by atoms with E-state index in [0.717, 1.165) is 18.5 Å². The van der Waals surface area contributed by atoms with Crippen molar-refractivity contribution in [2.24, 2.45) is 5.92 Å². The first-order chi connectivity index (χ1) is 9.25. The summed E-state index contributed by atoms with van der Waals surface area (Å²) in [7, 11) is 0. The Morgan fingerprint density at radius 2 is 2.00 bits per heavy atom. The maximum atomic E-state index is 3.67. The van der Waals surface area contributed by atoms with Gasteiger partial charge in [-0.1, -0.05) is 25.1 Å². The molecule has 2 heterocycles. The van der Waals surface area contributed by atoms with Gasteiger partial charge in [-0.15, -0.1) is 0 Å². The third kappa shape index (κ3) is 2.64. The Bertz CT molecular complexity index is 402. The van der Waals surface area contributed by atoms with E-state index in [-0.39, 0.29) is 0 Å². The van der Waals surface area contributed by atoms with Crippen LogP contribution < -0.4 is 5.32 Å². The number of hydrogen-bond acceptors (Lipinski definition) is 2. The molecule has 1 N–H and O–H groups in total. The van der Waals surface area contributed by atoms with E-state index < -0.39 is 0 Å². The fourth-order valence-electron chi connectivity index (χ4n) is 3.73. The Morgan fingerprint density at radius 3 is 2.89 bits per heavy atom. The van der Waals surface area contributed by atoms with Crippen molar-refractivity contribution in [3.05, 3.63) is 29.8 Å². The number of fused-ring (bicyclic) bond motifs is 1. The van der Waals surface area contributed by atoms with Gasteiger partial charge in [0.05, 0.1) is 0 Å². The number of para-hydroxylation sites is 1. The molecule has 3 rings (SSSR count). The Balaban J connectivity index is 1.71. The first-order valence-corrected chi connectivity index (χ1v) is 7.83. The van der Waals surface area contributed by atoms with Gasteiger partial charge < -0.3 is 5.32 Å². The van der Waals surface area contributed by atoms with Gasteiger partial charge in [-0.25, -0.2) is 0 Å². The molecule has 1 aromatic rings. The van der Waals surface area contributed by atoms with Crippen LogP contribution in [0.15, 0.2) is 24.3 Å². The van der Waals surface area contributed by atoms with E-state index in [4.69, 9.17) is 0 Å². The minimum absolute atomic E-state index is 0.699. The molecule has 1 aromatic carbocycles. The zero-order valence-corrected chi connectivity index (χ0v) is 12.2. The number of benzene rings is 1. The van der Waals surface area contributed by atoms with Crippen molar-refractivity contribution in [1.29, 1.82) is 0 Å². The van der Waals surface area contributed by atoms with Gasteiger partial charge >= 0.3 is 0 Å². The zero-order chi connectivity index (χ0) is 13.2. The second-order valence-corrected chi connectivity index (χ2v) is 6.33. The molecule has 3 unspecified atom stereocenters. The van der Waals surface area contributed by atoms with E-state index in [1.165, 1.54) is 43.5 Å². The van der Waals surface area contributed by atoms with Crippen LogP contribution in [0.3, 0.4) is 0 Å². The molecule has 2 aliphatic rings. The maximum Gasteiger partial charge on any atom is 0.0373 e. The number of aryl methyl sites for hydroxylation is 1. The summed E-state index contributed by atoms with van der Waals surface area (Å²) in [5.41, 5.74) is 2.84. The normalized spacial score (nSPS) is 32.2. The van der Waals surface area contributed by atoms with E-state index in [2.05, 4.69) is 48.3 Å². The quantitative estimate of drug-likeness (QED) is 0.829. The smallest absolute Gasteiger partial charge is 0.0373 e. The Labute approximate surface area is 117 Å². The molecule has 0 radical (unpaired) electrons. The zero-order valence-electron chi connectivity index (χ0n) is 12.2. The summed E-state index contributed by atoms with van der Waals surface area (Å²) < 4.78 is 0. The number of nitrogens with one attached hydrogen (secondary N) is 1. The first-order valence-electron chi connectivity index (χ1n) is 7.83. The van der Waals surface area contributed by atoms with Gasteiger partial charge in [-0.2, -0.15) is 0 Å². The molecule has 0 saturated carbocycles. The minimum Gasteiger partial charge on any atom is -0.383 e. The predicted octanol–water partition coefficient (Wildman–Crippen LogP) is 3.53. The summed E-state index contributed by atoms with van der Waals surface area (Å²) in [5.74, 6) is 0.847. The van der Waals surface area contributed by atoms with Crippen LogP contribution in [0.4, 0.5) is 5.69 Å². The molecule has 3 atom stereocenters. The van der Waals surface area contributed by atoms with Gasteiger partial charge in [0.1, 0.15) is 0 Å². The summed E-state index contributed by atoms with van der Waals surface area (Å²) in [4.78, 5) is 2.76. The van der Waals surface area contributed by atoms with Crippen molar-refractivity contribution in [2.75, 3.05) is 18.4 Å². The van der Waals surface area contributed by atoms with Crippen molar-refractivity contribution in [3.8, 4) is 0 Å². The van der Waals surface area contributed by atoms with Crippen molar-refractivity contribution in [3.63, 3.8) is 0 Å². The van der Waals surface area contributed by atoms with Crippen LogP contribution in [0.5, 0.6) is 0 Å². The topological polar surface area (TPSA) is 15.3 Å². The molecule has 1 saturated heterocycles. The van der Waals surface area contributed by atoms with Gasteiger partial charge in [0, 0.05) is 24.3 Å². The van der Waals surface area contributed by atoms with E-state index in [1.54, 1.807) is 0 Å². The van der Waals surface area contributed by atoms with Crippen molar-refractivity contribution >= 4 is 5.69 Å². The molecule has 2 nitrogen and oxygen atoms in total. The van der Waals surface area contributed by atoms with E-state index >= 15 is 0 Å². The highest BCUT2D eigenvalue weighted by Crippen LogP contribution is 2.29. The lowest BCUT2D eigenvalue weighted by atomic mass is 9.90. The second kappa shape index (κ2) is 5.54. The lowest BCUT2D eigenvalue weighted by Crippen LogP contribution is -2.50. The van der Waals surface area contributed by atoms with Gasteiger partial charge in [-0.3, -0.25) is 4.90 Å². The summed E-state index contributed by atoms with van der Waals surface area (Å²) in [6, 6.07) is 10.2. The van der Waals surface area contributed by atoms with E-state index in [0.29, 0.717) is 6.04 Å². The Kier molecular flexibility index (Phi) is 3.79. The lowest BCUT2D eigenvalue weighted by Gasteiger charge is -2.42. The maximum absolute atomic E-state index is 3.67. The fourth-order valence-corrected chi connectivity index (χ4v) is 3.73. The van der Waals surface area contributed by atoms with Crippen LogP contribution >= 0.6 is 0 Å². The molecule has 0 bridgehead atoms. The molecule has 104 valence electrons. The number of hydrogen-bond donors (Lipinski definition) is 1. The minimum atomic E-state index is 0.699. The standard InChI is InChI=1S/C17H26N2/c1-13-6-5-11-19(14(13)2)16-10-9-15-7-3-4-8-17(15)18-12-16/h3-4,7-8,13-14,16,18H,5-6,9-12H2,1-2H3. The van der Waals surface area contributed by atoms with Crippen LogP contribution in [0.25, 0.3) is 0 Å². The monoisotopic (exact) mass is 258 g/mol.